The number of aromatic nitrogens is 1. The molecule has 17 heavy (non-hydrogen) atoms. The van der Waals surface area contributed by atoms with Gasteiger partial charge in [-0.25, -0.2) is 18.2 Å². The molecule has 1 aromatic carbocycles. The zero-order chi connectivity index (χ0) is 12.7. The van der Waals surface area contributed by atoms with Gasteiger partial charge >= 0.3 is 0 Å². The van der Waals surface area contributed by atoms with Gasteiger partial charge in [0.25, 0.3) is 0 Å². The van der Waals surface area contributed by atoms with Crippen LogP contribution in [0.5, 0.6) is 0 Å². The summed E-state index contributed by atoms with van der Waals surface area (Å²) in [5, 5.41) is 2.78. The van der Waals surface area contributed by atoms with Crippen molar-refractivity contribution in [2.45, 2.75) is 13.8 Å². The first-order chi connectivity index (χ1) is 7.97. The fourth-order valence-electron chi connectivity index (χ4n) is 1.86. The lowest BCUT2D eigenvalue weighted by Crippen LogP contribution is -2.03. The number of benzene rings is 1. The molecule has 2 aromatic rings. The number of hydrogen-bond donors (Lipinski definition) is 1. The van der Waals surface area contributed by atoms with Crippen LogP contribution in [0.2, 0.25) is 0 Å². The predicted octanol–water partition coefficient (Wildman–Crippen LogP) is 3.31. The highest BCUT2D eigenvalue weighted by molar-refractivity contribution is 5.94. The van der Waals surface area contributed by atoms with E-state index in [1.807, 2.05) is 0 Å². The van der Waals surface area contributed by atoms with Crippen molar-refractivity contribution < 1.29 is 13.2 Å². The van der Waals surface area contributed by atoms with Crippen LogP contribution in [0.15, 0.2) is 6.07 Å². The van der Waals surface area contributed by atoms with Crippen LogP contribution in [-0.4, -0.2) is 12.0 Å². The maximum Gasteiger partial charge on any atom is 0.185 e. The van der Waals surface area contributed by atoms with Gasteiger partial charge in [0.2, 0.25) is 0 Å². The molecule has 2 rings (SSSR count). The molecule has 0 bridgehead atoms. The van der Waals surface area contributed by atoms with Crippen molar-refractivity contribution in [3.8, 4) is 0 Å². The molecule has 1 N–H and O–H groups in total. The molecular weight excluding hydrogens is 229 g/mol. The van der Waals surface area contributed by atoms with Crippen LogP contribution in [0, 0.1) is 31.3 Å². The Labute approximate surface area is 96.5 Å². The third-order valence-electron chi connectivity index (χ3n) is 2.84. The van der Waals surface area contributed by atoms with E-state index in [9.17, 15) is 13.2 Å². The normalized spacial score (nSPS) is 10.9. The van der Waals surface area contributed by atoms with Crippen molar-refractivity contribution in [1.82, 2.24) is 4.98 Å². The lowest BCUT2D eigenvalue weighted by Gasteiger charge is -2.13. The molecule has 0 amide bonds. The summed E-state index contributed by atoms with van der Waals surface area (Å²) < 4.78 is 40.4. The van der Waals surface area contributed by atoms with Gasteiger partial charge in [-0.1, -0.05) is 0 Å². The molecule has 0 saturated heterocycles. The highest BCUT2D eigenvalue weighted by atomic mass is 19.2. The van der Waals surface area contributed by atoms with Gasteiger partial charge in [0.05, 0.1) is 11.1 Å². The lowest BCUT2D eigenvalue weighted by atomic mass is 10.1. The van der Waals surface area contributed by atoms with Crippen LogP contribution in [0.1, 0.15) is 11.3 Å². The number of halogens is 3. The molecule has 1 heterocycles. The van der Waals surface area contributed by atoms with Crippen LogP contribution < -0.4 is 5.32 Å². The van der Waals surface area contributed by atoms with Crippen LogP contribution in [0.4, 0.5) is 18.9 Å². The summed E-state index contributed by atoms with van der Waals surface area (Å²) in [6.07, 6.45) is 0. The topological polar surface area (TPSA) is 24.9 Å². The van der Waals surface area contributed by atoms with Crippen LogP contribution in [0.25, 0.3) is 10.9 Å². The van der Waals surface area contributed by atoms with Crippen LogP contribution in [0.3, 0.4) is 0 Å². The zero-order valence-electron chi connectivity index (χ0n) is 9.66. The van der Waals surface area contributed by atoms with E-state index >= 15 is 0 Å². The molecule has 5 heteroatoms. The quantitative estimate of drug-likeness (QED) is 0.773. The minimum atomic E-state index is -1.23. The van der Waals surface area contributed by atoms with E-state index in [-0.39, 0.29) is 10.9 Å². The second kappa shape index (κ2) is 3.91. The highest BCUT2D eigenvalue weighted by Crippen LogP contribution is 2.32. The number of pyridine rings is 1. The van der Waals surface area contributed by atoms with E-state index in [0.29, 0.717) is 23.0 Å². The van der Waals surface area contributed by atoms with Crippen molar-refractivity contribution >= 4 is 16.6 Å². The summed E-state index contributed by atoms with van der Waals surface area (Å²) in [6, 6.07) is 0.537. The standard InChI is InChI=1S/C12H11F3N2/c1-5-6(2)17-12-9(11(5)16-3)7(13)4-8(14)10(12)15/h4H,1-3H3,(H,16,17). The zero-order valence-corrected chi connectivity index (χ0v) is 9.66. The number of fused-ring (bicyclic) bond motifs is 1. The lowest BCUT2D eigenvalue weighted by molar-refractivity contribution is 0.504. The van der Waals surface area contributed by atoms with Gasteiger partial charge in [-0.2, -0.15) is 0 Å². The molecule has 0 saturated carbocycles. The molecule has 90 valence electrons. The summed E-state index contributed by atoms with van der Waals surface area (Å²) in [5.74, 6) is -3.17. The molecule has 1 aromatic heterocycles. The fourth-order valence-corrected chi connectivity index (χ4v) is 1.86. The second-order valence-electron chi connectivity index (χ2n) is 3.83. The summed E-state index contributed by atoms with van der Waals surface area (Å²) in [6.45, 7) is 3.41. The predicted molar refractivity (Wildman–Crippen MR) is 60.6 cm³/mol. The monoisotopic (exact) mass is 240 g/mol. The van der Waals surface area contributed by atoms with Crippen molar-refractivity contribution in [2.75, 3.05) is 12.4 Å². The SMILES string of the molecule is CNc1c(C)c(C)nc2c(F)c(F)cc(F)c12. The van der Waals surface area contributed by atoms with E-state index in [0.717, 1.165) is 0 Å². The van der Waals surface area contributed by atoms with Gasteiger partial charge in [0, 0.05) is 18.8 Å². The Morgan fingerprint density at radius 1 is 1.12 bits per heavy atom. The molecule has 0 fully saturated rings. The average Bonchev–Trinajstić information content (AvgIpc) is 2.28. The second-order valence-corrected chi connectivity index (χ2v) is 3.83. The van der Waals surface area contributed by atoms with Crippen molar-refractivity contribution in [3.63, 3.8) is 0 Å². The summed E-state index contributed by atoms with van der Waals surface area (Å²) in [4.78, 5) is 3.91. The van der Waals surface area contributed by atoms with Gasteiger partial charge < -0.3 is 5.32 Å². The van der Waals surface area contributed by atoms with Gasteiger partial charge in [0.1, 0.15) is 11.3 Å². The third-order valence-corrected chi connectivity index (χ3v) is 2.84. The minimum absolute atomic E-state index is 0.0190. The average molecular weight is 240 g/mol. The number of rotatable bonds is 1. The Morgan fingerprint density at radius 2 is 1.76 bits per heavy atom. The number of anilines is 1. The summed E-state index contributed by atoms with van der Waals surface area (Å²) >= 11 is 0. The molecule has 0 radical (unpaired) electrons. The molecule has 0 spiro atoms. The van der Waals surface area contributed by atoms with Gasteiger partial charge in [0.15, 0.2) is 11.6 Å². The smallest absolute Gasteiger partial charge is 0.185 e. The third kappa shape index (κ3) is 1.62. The number of nitrogens with zero attached hydrogens (tertiary/aromatic N) is 1. The van der Waals surface area contributed by atoms with Gasteiger partial charge in [-0.05, 0) is 19.4 Å². The maximum absolute atomic E-state index is 13.7. The molecule has 0 aliphatic carbocycles. The Balaban J connectivity index is 3.05. The summed E-state index contributed by atoms with van der Waals surface area (Å²) in [7, 11) is 1.60. The molecule has 0 atom stereocenters. The van der Waals surface area contributed by atoms with E-state index < -0.39 is 17.5 Å². The number of hydrogen-bond acceptors (Lipinski definition) is 2. The Bertz CT molecular complexity index is 609. The van der Waals surface area contributed by atoms with Crippen molar-refractivity contribution in [2.24, 2.45) is 0 Å². The van der Waals surface area contributed by atoms with Gasteiger partial charge in [-0.15, -0.1) is 0 Å². The first-order valence-corrected chi connectivity index (χ1v) is 5.09. The molecular formula is C12H11F3N2. The Kier molecular flexibility index (Phi) is 2.69. The Morgan fingerprint density at radius 3 is 2.35 bits per heavy atom. The number of nitrogens with one attached hydrogen (secondary N) is 1. The minimum Gasteiger partial charge on any atom is -0.387 e. The van der Waals surface area contributed by atoms with Crippen LogP contribution >= 0.6 is 0 Å². The first-order valence-electron chi connectivity index (χ1n) is 5.09. The first kappa shape index (κ1) is 11.7. The van der Waals surface area contributed by atoms with E-state index in [2.05, 4.69) is 10.3 Å². The molecule has 0 unspecified atom stereocenters. The van der Waals surface area contributed by atoms with E-state index in [1.165, 1.54) is 0 Å². The molecule has 0 aliphatic heterocycles. The molecule has 0 aliphatic rings. The van der Waals surface area contributed by atoms with E-state index in [1.54, 1.807) is 20.9 Å². The van der Waals surface area contributed by atoms with Crippen molar-refractivity contribution in [1.29, 1.82) is 0 Å². The molecule has 2 nitrogen and oxygen atoms in total. The number of aryl methyl sites for hydroxylation is 1. The van der Waals surface area contributed by atoms with Gasteiger partial charge in [-0.3, -0.25) is 0 Å². The maximum atomic E-state index is 13.7. The highest BCUT2D eigenvalue weighted by Gasteiger charge is 2.18. The van der Waals surface area contributed by atoms with Crippen LogP contribution in [-0.2, 0) is 0 Å². The fraction of sp³-hybridized carbons (Fsp3) is 0.250. The largest absolute Gasteiger partial charge is 0.387 e. The van der Waals surface area contributed by atoms with Crippen molar-refractivity contribution in [3.05, 3.63) is 34.8 Å². The van der Waals surface area contributed by atoms with E-state index in [4.69, 9.17) is 0 Å². The Hall–Kier alpha value is -1.78. The summed E-state index contributed by atoms with van der Waals surface area (Å²) in [5.41, 5.74) is 1.40.